The highest BCUT2D eigenvalue weighted by atomic mass is 16.6. The van der Waals surface area contributed by atoms with Gasteiger partial charge in [-0.1, -0.05) is 60.7 Å². The summed E-state index contributed by atoms with van der Waals surface area (Å²) in [4.78, 5) is 14.7. The van der Waals surface area contributed by atoms with Crippen LogP contribution >= 0.6 is 0 Å². The van der Waals surface area contributed by atoms with E-state index in [0.29, 0.717) is 0 Å². The van der Waals surface area contributed by atoms with Crippen LogP contribution in [0.4, 0.5) is 4.79 Å². The summed E-state index contributed by atoms with van der Waals surface area (Å²) >= 11 is 0. The van der Waals surface area contributed by atoms with E-state index in [4.69, 9.17) is 4.74 Å². The van der Waals surface area contributed by atoms with E-state index in [9.17, 15) is 4.79 Å². The van der Waals surface area contributed by atoms with Crippen LogP contribution in [0.3, 0.4) is 0 Å². The number of benzene rings is 2. The molecule has 0 bridgehead atoms. The molecule has 26 heavy (non-hydrogen) atoms. The van der Waals surface area contributed by atoms with Crippen LogP contribution in [0.25, 0.3) is 0 Å². The number of ether oxygens (including phenoxy) is 1. The maximum absolute atomic E-state index is 12.3. The van der Waals surface area contributed by atoms with Crippen LogP contribution in [0, 0.1) is 0 Å². The Bertz CT molecular complexity index is 710. The van der Waals surface area contributed by atoms with Crippen molar-refractivity contribution in [2.24, 2.45) is 0 Å². The minimum Gasteiger partial charge on any atom is -0.444 e. The molecule has 0 aliphatic carbocycles. The number of hydrogen-bond donors (Lipinski definition) is 1. The van der Waals surface area contributed by atoms with Crippen LogP contribution in [-0.2, 0) is 11.3 Å². The third-order valence-corrected chi connectivity index (χ3v) is 4.57. The first-order valence-corrected chi connectivity index (χ1v) is 9.21. The lowest BCUT2D eigenvalue weighted by atomic mass is 9.94. The highest BCUT2D eigenvalue weighted by Crippen LogP contribution is 2.29. The van der Waals surface area contributed by atoms with E-state index in [2.05, 4.69) is 58.7 Å². The summed E-state index contributed by atoms with van der Waals surface area (Å²) in [5.41, 5.74) is 2.05. The molecule has 2 aromatic carbocycles. The number of carbonyl (C=O) groups is 1. The third-order valence-electron chi connectivity index (χ3n) is 4.57. The zero-order valence-electron chi connectivity index (χ0n) is 15.8. The Balaban J connectivity index is 1.72. The molecule has 0 aromatic heterocycles. The van der Waals surface area contributed by atoms with E-state index in [1.165, 1.54) is 11.1 Å². The topological polar surface area (TPSA) is 41.6 Å². The van der Waals surface area contributed by atoms with Crippen LogP contribution in [0.1, 0.15) is 37.8 Å². The van der Waals surface area contributed by atoms with Crippen molar-refractivity contribution < 1.29 is 9.53 Å². The first-order chi connectivity index (χ1) is 12.4. The normalized spacial score (nSPS) is 20.7. The van der Waals surface area contributed by atoms with E-state index >= 15 is 0 Å². The number of nitrogens with zero attached hydrogens (tertiary/aromatic N) is 1. The van der Waals surface area contributed by atoms with Crippen molar-refractivity contribution >= 4 is 6.09 Å². The lowest BCUT2D eigenvalue weighted by Crippen LogP contribution is -2.42. The van der Waals surface area contributed by atoms with Crippen molar-refractivity contribution in [2.75, 3.05) is 13.1 Å². The Morgan fingerprint density at radius 2 is 1.65 bits per heavy atom. The fraction of sp³-hybridized carbons (Fsp3) is 0.409. The van der Waals surface area contributed by atoms with Gasteiger partial charge in [0.15, 0.2) is 0 Å². The minimum absolute atomic E-state index is 0.0379. The van der Waals surface area contributed by atoms with Crippen molar-refractivity contribution in [3.63, 3.8) is 0 Å². The first-order valence-electron chi connectivity index (χ1n) is 9.21. The molecule has 0 saturated carbocycles. The van der Waals surface area contributed by atoms with Crippen molar-refractivity contribution in [3.05, 3.63) is 71.8 Å². The summed E-state index contributed by atoms with van der Waals surface area (Å²) < 4.78 is 5.47. The van der Waals surface area contributed by atoms with Crippen LogP contribution < -0.4 is 5.32 Å². The van der Waals surface area contributed by atoms with Gasteiger partial charge in [0, 0.05) is 25.6 Å². The maximum atomic E-state index is 12.3. The van der Waals surface area contributed by atoms with E-state index in [0.717, 1.165) is 19.6 Å². The molecule has 1 fully saturated rings. The lowest BCUT2D eigenvalue weighted by molar-refractivity contribution is 0.0502. The summed E-state index contributed by atoms with van der Waals surface area (Å²) in [5.74, 6) is 0.257. The summed E-state index contributed by atoms with van der Waals surface area (Å²) in [6.45, 7) is 8.27. The number of carbonyl (C=O) groups excluding carboxylic acids is 1. The number of hydrogen-bond acceptors (Lipinski definition) is 3. The van der Waals surface area contributed by atoms with Crippen molar-refractivity contribution in [1.82, 2.24) is 10.2 Å². The predicted octanol–water partition coefficient (Wildman–Crippen LogP) is 4.18. The molecular weight excluding hydrogens is 324 g/mol. The fourth-order valence-corrected chi connectivity index (χ4v) is 3.50. The molecule has 2 aromatic rings. The predicted molar refractivity (Wildman–Crippen MR) is 104 cm³/mol. The summed E-state index contributed by atoms with van der Waals surface area (Å²) in [6, 6.07) is 20.9. The molecule has 0 spiro atoms. The van der Waals surface area contributed by atoms with E-state index < -0.39 is 5.60 Å². The Hall–Kier alpha value is -2.33. The first kappa shape index (κ1) is 18.5. The molecule has 1 amide bonds. The summed E-state index contributed by atoms with van der Waals surface area (Å²) in [7, 11) is 0. The van der Waals surface area contributed by atoms with Gasteiger partial charge in [0.25, 0.3) is 0 Å². The maximum Gasteiger partial charge on any atom is 0.407 e. The van der Waals surface area contributed by atoms with Gasteiger partial charge in [0.05, 0.1) is 6.04 Å². The Kier molecular flexibility index (Phi) is 5.62. The Morgan fingerprint density at radius 1 is 1.04 bits per heavy atom. The molecule has 1 unspecified atom stereocenters. The molecular formula is C22H28N2O2. The monoisotopic (exact) mass is 352 g/mol. The van der Waals surface area contributed by atoms with Crippen molar-refractivity contribution in [1.29, 1.82) is 0 Å². The van der Waals surface area contributed by atoms with E-state index in [1.54, 1.807) is 0 Å². The van der Waals surface area contributed by atoms with Crippen LogP contribution in [0.5, 0.6) is 0 Å². The van der Waals surface area contributed by atoms with Crippen molar-refractivity contribution in [3.8, 4) is 0 Å². The third kappa shape index (κ3) is 5.09. The number of rotatable bonds is 4. The van der Waals surface area contributed by atoms with Gasteiger partial charge in [-0.05, 0) is 31.9 Å². The number of amides is 1. The second-order valence-electron chi connectivity index (χ2n) is 7.95. The molecule has 138 valence electrons. The van der Waals surface area contributed by atoms with Crippen LogP contribution in [0.2, 0.25) is 0 Å². The molecule has 3 rings (SSSR count). The molecule has 0 radical (unpaired) electrons. The number of likely N-dealkylation sites (tertiary alicyclic amines) is 1. The highest BCUT2D eigenvalue weighted by Gasteiger charge is 2.35. The van der Waals surface area contributed by atoms with Gasteiger partial charge in [-0.2, -0.15) is 0 Å². The quantitative estimate of drug-likeness (QED) is 0.897. The van der Waals surface area contributed by atoms with Gasteiger partial charge in [0.2, 0.25) is 0 Å². The highest BCUT2D eigenvalue weighted by molar-refractivity contribution is 5.68. The number of alkyl carbamates (subject to hydrolysis) is 1. The van der Waals surface area contributed by atoms with Gasteiger partial charge < -0.3 is 10.1 Å². The SMILES string of the molecule is CC(C)(C)OC(=O)N[C@@H]1CN(Cc2ccccc2)CC1c1ccccc1. The Morgan fingerprint density at radius 3 is 2.27 bits per heavy atom. The molecule has 1 saturated heterocycles. The van der Waals surface area contributed by atoms with E-state index in [-0.39, 0.29) is 18.1 Å². The molecule has 1 aliphatic heterocycles. The summed E-state index contributed by atoms with van der Waals surface area (Å²) in [6.07, 6.45) is -0.343. The fourth-order valence-electron chi connectivity index (χ4n) is 3.50. The summed E-state index contributed by atoms with van der Waals surface area (Å²) in [5, 5.41) is 3.10. The van der Waals surface area contributed by atoms with Crippen LogP contribution in [-0.4, -0.2) is 35.7 Å². The smallest absolute Gasteiger partial charge is 0.407 e. The van der Waals surface area contributed by atoms with Gasteiger partial charge in [-0.25, -0.2) is 4.79 Å². The zero-order chi connectivity index (χ0) is 18.6. The number of nitrogens with one attached hydrogen (secondary N) is 1. The van der Waals surface area contributed by atoms with Gasteiger partial charge >= 0.3 is 6.09 Å². The average Bonchev–Trinajstić information content (AvgIpc) is 2.97. The second-order valence-corrected chi connectivity index (χ2v) is 7.95. The lowest BCUT2D eigenvalue weighted by Gasteiger charge is -2.24. The van der Waals surface area contributed by atoms with Gasteiger partial charge in [-0.3, -0.25) is 4.90 Å². The molecule has 4 nitrogen and oxygen atoms in total. The van der Waals surface area contributed by atoms with Crippen molar-refractivity contribution in [2.45, 2.75) is 44.9 Å². The Labute approximate surface area is 156 Å². The largest absolute Gasteiger partial charge is 0.444 e. The molecule has 1 aliphatic rings. The van der Waals surface area contributed by atoms with Gasteiger partial charge in [-0.15, -0.1) is 0 Å². The zero-order valence-corrected chi connectivity index (χ0v) is 15.8. The van der Waals surface area contributed by atoms with Crippen LogP contribution in [0.15, 0.2) is 60.7 Å². The van der Waals surface area contributed by atoms with Gasteiger partial charge in [0.1, 0.15) is 5.60 Å². The minimum atomic E-state index is -0.491. The molecule has 1 N–H and O–H groups in total. The average molecular weight is 352 g/mol. The standard InChI is InChI=1S/C22H28N2O2/c1-22(2,3)26-21(25)23-20-16-24(14-17-10-6-4-7-11-17)15-19(20)18-12-8-5-9-13-18/h4-13,19-20H,14-16H2,1-3H3,(H,23,25)/t19?,20-/m1/s1. The van der Waals surface area contributed by atoms with E-state index in [1.807, 2.05) is 32.9 Å². The molecule has 1 heterocycles. The molecule has 4 heteroatoms. The molecule has 2 atom stereocenters. The second kappa shape index (κ2) is 7.92.